The lowest BCUT2D eigenvalue weighted by Gasteiger charge is -1.96. The van der Waals surface area contributed by atoms with Crippen molar-refractivity contribution in [1.29, 1.82) is 0 Å². The summed E-state index contributed by atoms with van der Waals surface area (Å²) >= 11 is 0. The fraction of sp³-hybridized carbons (Fsp3) is 0.400. The highest BCUT2D eigenvalue weighted by Crippen LogP contribution is 2.20. The smallest absolute Gasteiger partial charge is 0.534 e. The quantitative estimate of drug-likeness (QED) is 0.596. The van der Waals surface area contributed by atoms with Crippen molar-refractivity contribution >= 4 is 7.69 Å². The van der Waals surface area contributed by atoms with Gasteiger partial charge in [-0.3, -0.25) is 0 Å². The van der Waals surface area contributed by atoms with Gasteiger partial charge in [0.1, 0.15) is 5.69 Å². The Balaban J connectivity index is 2.87. The van der Waals surface area contributed by atoms with E-state index in [0.717, 1.165) is 0 Å². The van der Waals surface area contributed by atoms with Gasteiger partial charge in [-0.15, -0.1) is 0 Å². The Morgan fingerprint density at radius 3 is 2.70 bits per heavy atom. The molecule has 4 nitrogen and oxygen atoms in total. The van der Waals surface area contributed by atoms with Crippen molar-refractivity contribution in [2.75, 3.05) is 0 Å². The fourth-order valence-corrected chi connectivity index (χ4v) is 0.696. The van der Waals surface area contributed by atoms with Crippen LogP contribution < -0.4 is 4.65 Å². The molecule has 0 aromatic carbocycles. The molecule has 0 saturated heterocycles. The number of hydrogen-bond acceptors (Lipinski definition) is 4. The normalized spacial score (nSPS) is 9.50. The summed E-state index contributed by atoms with van der Waals surface area (Å²) in [4.78, 5) is 0. The molecule has 1 heterocycles. The fourth-order valence-electron chi connectivity index (χ4n) is 0.696. The molecule has 0 saturated carbocycles. The molecule has 1 aromatic rings. The SMILES string of the molecule is Cc1noc(C)c1O[B]O. The summed E-state index contributed by atoms with van der Waals surface area (Å²) in [5.74, 6) is 1.03. The monoisotopic (exact) mass is 140 g/mol. The first-order chi connectivity index (χ1) is 4.75. The van der Waals surface area contributed by atoms with Gasteiger partial charge in [-0.2, -0.15) is 0 Å². The lowest BCUT2D eigenvalue weighted by atomic mass is 10.3. The molecule has 53 valence electrons. The Morgan fingerprint density at radius 2 is 2.30 bits per heavy atom. The molecule has 0 bridgehead atoms. The highest BCUT2D eigenvalue weighted by molar-refractivity contribution is 6.17. The van der Waals surface area contributed by atoms with Crippen molar-refractivity contribution in [3.63, 3.8) is 0 Å². The van der Waals surface area contributed by atoms with Crippen LogP contribution >= 0.6 is 0 Å². The third kappa shape index (κ3) is 1.13. The molecule has 0 aliphatic rings. The zero-order valence-electron chi connectivity index (χ0n) is 5.79. The molecule has 0 aliphatic heterocycles. The Morgan fingerprint density at radius 1 is 1.60 bits per heavy atom. The van der Waals surface area contributed by atoms with Crippen LogP contribution in [0.4, 0.5) is 0 Å². The van der Waals surface area contributed by atoms with Crippen LogP contribution in [0.1, 0.15) is 11.5 Å². The first-order valence-corrected chi connectivity index (χ1v) is 2.81. The van der Waals surface area contributed by atoms with Crippen molar-refractivity contribution in [2.45, 2.75) is 13.8 Å². The predicted molar refractivity (Wildman–Crippen MR) is 34.6 cm³/mol. The van der Waals surface area contributed by atoms with Crippen LogP contribution in [0.2, 0.25) is 0 Å². The van der Waals surface area contributed by atoms with Crippen LogP contribution in [0.5, 0.6) is 5.75 Å². The molecule has 1 radical (unpaired) electrons. The maximum atomic E-state index is 8.27. The van der Waals surface area contributed by atoms with Crippen molar-refractivity contribution in [2.24, 2.45) is 0 Å². The molecule has 0 unspecified atom stereocenters. The maximum Gasteiger partial charge on any atom is 0.569 e. The van der Waals surface area contributed by atoms with Gasteiger partial charge in [0.25, 0.3) is 0 Å². The minimum absolute atomic E-state index is 0.475. The number of rotatable bonds is 2. The van der Waals surface area contributed by atoms with Crippen molar-refractivity contribution in [3.05, 3.63) is 11.5 Å². The molecule has 1 rings (SSSR count). The highest BCUT2D eigenvalue weighted by atomic mass is 16.5. The third-order valence-electron chi connectivity index (χ3n) is 1.14. The summed E-state index contributed by atoms with van der Waals surface area (Å²) in [5.41, 5.74) is 0.628. The van der Waals surface area contributed by atoms with E-state index in [9.17, 15) is 0 Å². The minimum atomic E-state index is 0.475. The Labute approximate surface area is 59.1 Å². The average Bonchev–Trinajstić information content (AvgIpc) is 2.20. The molecule has 10 heavy (non-hydrogen) atoms. The maximum absolute atomic E-state index is 8.27. The third-order valence-corrected chi connectivity index (χ3v) is 1.14. The number of nitrogens with zero attached hydrogens (tertiary/aromatic N) is 1. The lowest BCUT2D eigenvalue weighted by molar-refractivity contribution is 0.385. The van der Waals surface area contributed by atoms with E-state index in [1.807, 2.05) is 0 Å². The van der Waals surface area contributed by atoms with E-state index < -0.39 is 0 Å². The van der Waals surface area contributed by atoms with Gasteiger partial charge in [-0.25, -0.2) is 0 Å². The molecule has 0 fully saturated rings. The van der Waals surface area contributed by atoms with E-state index in [1.165, 1.54) is 0 Å². The molecular weight excluding hydrogens is 133 g/mol. The summed E-state index contributed by atoms with van der Waals surface area (Å²) in [6, 6.07) is 0. The Kier molecular flexibility index (Phi) is 1.96. The van der Waals surface area contributed by atoms with Crippen molar-refractivity contribution in [3.8, 4) is 5.75 Å². The van der Waals surface area contributed by atoms with Gasteiger partial charge in [0.2, 0.25) is 0 Å². The van der Waals surface area contributed by atoms with Gasteiger partial charge >= 0.3 is 7.69 Å². The summed E-state index contributed by atoms with van der Waals surface area (Å²) in [7, 11) is 0.604. The predicted octanol–water partition coefficient (Wildman–Crippen LogP) is 0.197. The second-order valence-electron chi connectivity index (χ2n) is 1.88. The Bertz CT molecular complexity index is 203. The van der Waals surface area contributed by atoms with Crippen molar-refractivity contribution < 1.29 is 14.2 Å². The van der Waals surface area contributed by atoms with Crippen LogP contribution in [0.15, 0.2) is 4.52 Å². The zero-order valence-corrected chi connectivity index (χ0v) is 5.79. The van der Waals surface area contributed by atoms with E-state index in [0.29, 0.717) is 24.9 Å². The standard InChI is InChI=1S/C5H7BNO3/c1-3-5(9-6-8)4(2)10-7-3/h8H,1-2H3. The average molecular weight is 140 g/mol. The molecule has 0 aliphatic carbocycles. The molecule has 0 spiro atoms. The second kappa shape index (κ2) is 2.75. The van der Waals surface area contributed by atoms with E-state index >= 15 is 0 Å². The van der Waals surface area contributed by atoms with Gasteiger partial charge in [0.15, 0.2) is 11.5 Å². The minimum Gasteiger partial charge on any atom is -0.534 e. The summed E-state index contributed by atoms with van der Waals surface area (Å²) in [6.07, 6.45) is 0. The first-order valence-electron chi connectivity index (χ1n) is 2.81. The lowest BCUT2D eigenvalue weighted by Crippen LogP contribution is -2.00. The molecule has 1 N–H and O–H groups in total. The summed E-state index contributed by atoms with van der Waals surface area (Å²) < 4.78 is 9.42. The molecule has 0 atom stereocenters. The van der Waals surface area contributed by atoms with Crippen LogP contribution in [0.3, 0.4) is 0 Å². The number of aromatic nitrogens is 1. The van der Waals surface area contributed by atoms with Gasteiger partial charge < -0.3 is 14.2 Å². The number of hydrogen-bond donors (Lipinski definition) is 1. The molecular formula is C5H7BNO3. The van der Waals surface area contributed by atoms with Crippen LogP contribution in [0, 0.1) is 13.8 Å². The second-order valence-corrected chi connectivity index (χ2v) is 1.88. The van der Waals surface area contributed by atoms with Crippen molar-refractivity contribution in [1.82, 2.24) is 5.16 Å². The van der Waals surface area contributed by atoms with Crippen LogP contribution in [0.25, 0.3) is 0 Å². The van der Waals surface area contributed by atoms with E-state index in [1.54, 1.807) is 13.8 Å². The van der Waals surface area contributed by atoms with E-state index in [-0.39, 0.29) is 0 Å². The van der Waals surface area contributed by atoms with Crippen LogP contribution in [-0.4, -0.2) is 17.9 Å². The number of aryl methyl sites for hydroxylation is 2. The topological polar surface area (TPSA) is 55.5 Å². The van der Waals surface area contributed by atoms with Gasteiger partial charge in [-0.05, 0) is 6.92 Å². The van der Waals surface area contributed by atoms with E-state index in [4.69, 9.17) is 9.55 Å². The Hall–Kier alpha value is -0.965. The largest absolute Gasteiger partial charge is 0.569 e. The van der Waals surface area contributed by atoms with E-state index in [2.05, 4.69) is 9.81 Å². The van der Waals surface area contributed by atoms with Gasteiger partial charge in [0.05, 0.1) is 0 Å². The van der Waals surface area contributed by atoms with Crippen LogP contribution in [-0.2, 0) is 0 Å². The highest BCUT2D eigenvalue weighted by Gasteiger charge is 2.09. The molecule has 1 aromatic heterocycles. The van der Waals surface area contributed by atoms with Gasteiger partial charge in [0, 0.05) is 6.92 Å². The van der Waals surface area contributed by atoms with Gasteiger partial charge in [-0.1, -0.05) is 5.16 Å². The zero-order chi connectivity index (χ0) is 7.56. The summed E-state index contributed by atoms with van der Waals surface area (Å²) in [6.45, 7) is 3.44. The summed E-state index contributed by atoms with van der Waals surface area (Å²) in [5, 5.41) is 11.9. The molecule has 5 heteroatoms. The first kappa shape index (κ1) is 7.15. The molecule has 0 amide bonds.